The topological polar surface area (TPSA) is 280 Å². The molecule has 3 aromatic heterocycles. The molecule has 6 aromatic rings. The maximum absolute atomic E-state index is 13.7. The minimum atomic E-state index is -0.448. The summed E-state index contributed by atoms with van der Waals surface area (Å²) in [5.41, 5.74) is 41.9. The fraction of sp³-hybridized carbons (Fsp3) is 0.308. The van der Waals surface area contributed by atoms with Crippen LogP contribution in [0.3, 0.4) is 0 Å². The Morgan fingerprint density at radius 2 is 0.686 bits per heavy atom. The lowest BCUT2D eigenvalue weighted by Crippen LogP contribution is -2.31. The lowest BCUT2D eigenvalue weighted by Gasteiger charge is -2.23. The van der Waals surface area contributed by atoms with Gasteiger partial charge in [0.1, 0.15) is 0 Å². The van der Waals surface area contributed by atoms with Gasteiger partial charge in [-0.15, -0.1) is 0 Å². The van der Waals surface area contributed by atoms with Gasteiger partial charge in [0.05, 0.1) is 18.1 Å². The Bertz CT molecular complexity index is 2320. The van der Waals surface area contributed by atoms with Crippen molar-refractivity contribution in [3.8, 4) is 0 Å². The summed E-state index contributed by atoms with van der Waals surface area (Å²) in [6, 6.07) is 29.1. The van der Waals surface area contributed by atoms with E-state index in [0.717, 1.165) is 50.4 Å². The molecule has 0 unspecified atom stereocenters. The molecule has 15 N–H and O–H groups in total. The first-order valence-corrected chi connectivity index (χ1v) is 26.1. The van der Waals surface area contributed by atoms with E-state index in [2.05, 4.69) is 67.3 Å². The zero-order valence-electron chi connectivity index (χ0n) is 39.2. The van der Waals surface area contributed by atoms with Gasteiger partial charge in [-0.2, -0.15) is 34.0 Å². The van der Waals surface area contributed by atoms with Gasteiger partial charge in [-0.3, -0.25) is 29.4 Å². The van der Waals surface area contributed by atoms with Crippen LogP contribution < -0.4 is 50.4 Å². The van der Waals surface area contributed by atoms with Crippen molar-refractivity contribution in [3.63, 3.8) is 0 Å². The number of ketones is 3. The summed E-state index contributed by atoms with van der Waals surface area (Å²) < 4.78 is 0. The first-order chi connectivity index (χ1) is 33.9. The molecule has 18 heteroatoms. The van der Waals surface area contributed by atoms with Crippen LogP contribution in [-0.4, -0.2) is 73.0 Å². The number of carbonyl (C=O) groups is 3. The molecule has 6 rings (SSSR count). The van der Waals surface area contributed by atoms with Crippen LogP contribution in [0.1, 0.15) is 77.8 Å². The van der Waals surface area contributed by atoms with E-state index in [4.69, 9.17) is 34.4 Å². The van der Waals surface area contributed by atoms with Crippen LogP contribution in [-0.2, 0) is 33.6 Å². The fourth-order valence-corrected chi connectivity index (χ4v) is 10.1. The molecular weight excluding hydrogens is 937 g/mol. The number of anilines is 3. The van der Waals surface area contributed by atoms with Crippen molar-refractivity contribution in [2.75, 3.05) is 35.6 Å². The normalized spacial score (nSPS) is 12.3. The van der Waals surface area contributed by atoms with Gasteiger partial charge in [-0.05, 0) is 159 Å². The number of aliphatic imine (C=N–C) groups is 3. The van der Waals surface area contributed by atoms with E-state index >= 15 is 0 Å². The molecule has 368 valence electrons. The first kappa shape index (κ1) is 52.4. The predicted molar refractivity (Wildman–Crippen MR) is 291 cm³/mol. The van der Waals surface area contributed by atoms with E-state index < -0.39 is 18.1 Å². The van der Waals surface area contributed by atoms with Gasteiger partial charge in [-0.1, -0.05) is 36.4 Å². The number of carbonyl (C=O) groups excluding carboxylic acids is 3. The SMILES string of the molecule is NC(N)=NCCC[C@H](Nc1ccc(C(c2ccc(N[C@@H](CCCN=C(N)N)C(=O)Cc3ccsc3)cc2)c2ccc(N[C@@H](CCCN=C(N)N)C(=O)Cc3ccsc3)cc2)cc1)C(=O)Cc1ccsc1. The van der Waals surface area contributed by atoms with Gasteiger partial charge in [0, 0.05) is 61.9 Å². The Hall–Kier alpha value is -7.02. The van der Waals surface area contributed by atoms with Gasteiger partial charge in [0.15, 0.2) is 35.2 Å². The molecule has 70 heavy (non-hydrogen) atoms. The predicted octanol–water partition coefficient (Wildman–Crippen LogP) is 6.99. The fourth-order valence-electron chi connectivity index (χ4n) is 8.10. The number of nitrogens with one attached hydrogen (secondary N) is 3. The summed E-state index contributed by atoms with van der Waals surface area (Å²) in [6.07, 6.45) is 4.51. The molecule has 0 aliphatic heterocycles. The number of Topliss-reactive ketones (excluding diaryl/α,β-unsaturated/α-hetero) is 3. The summed E-state index contributed by atoms with van der Waals surface area (Å²) in [7, 11) is 0. The third kappa shape index (κ3) is 17.2. The molecule has 15 nitrogen and oxygen atoms in total. The van der Waals surface area contributed by atoms with Gasteiger partial charge in [0.2, 0.25) is 0 Å². The van der Waals surface area contributed by atoms with Gasteiger partial charge >= 0.3 is 0 Å². The molecule has 0 amide bonds. The number of benzene rings is 3. The molecule has 0 fully saturated rings. The van der Waals surface area contributed by atoms with E-state index in [9.17, 15) is 14.4 Å². The molecule has 3 atom stereocenters. The van der Waals surface area contributed by atoms with Crippen LogP contribution in [0.4, 0.5) is 17.1 Å². The van der Waals surface area contributed by atoms with Gasteiger partial charge in [0.25, 0.3) is 0 Å². The zero-order chi connectivity index (χ0) is 49.7. The van der Waals surface area contributed by atoms with Gasteiger partial charge < -0.3 is 50.4 Å². The molecule has 3 heterocycles. The van der Waals surface area contributed by atoms with Crippen molar-refractivity contribution in [1.82, 2.24) is 0 Å². The monoisotopic (exact) mass is 1000 g/mol. The van der Waals surface area contributed by atoms with Crippen LogP contribution in [0.15, 0.2) is 138 Å². The number of hydrogen-bond acceptors (Lipinski definition) is 12. The number of rotatable bonds is 30. The van der Waals surface area contributed by atoms with Crippen LogP contribution in [0, 0.1) is 0 Å². The number of nitrogens with zero attached hydrogens (tertiary/aromatic N) is 3. The summed E-state index contributed by atoms with van der Waals surface area (Å²) in [4.78, 5) is 53.3. The van der Waals surface area contributed by atoms with E-state index in [1.807, 2.05) is 86.9 Å². The van der Waals surface area contributed by atoms with Crippen molar-refractivity contribution in [3.05, 3.63) is 157 Å². The highest BCUT2D eigenvalue weighted by atomic mass is 32.1. The van der Waals surface area contributed by atoms with Crippen molar-refractivity contribution in [1.29, 1.82) is 0 Å². The third-order valence-corrected chi connectivity index (χ3v) is 13.8. The summed E-state index contributed by atoms with van der Waals surface area (Å²) >= 11 is 4.70. The standard InChI is InChI=1S/C52H64N12O3S3/c53-50(54)59-22-1-4-43(46(65)28-34-19-25-68-31-34)62-40-13-7-37(8-14-40)49(38-9-15-41(16-10-38)63-44(5-2-23-60-51(55)56)47(66)29-35-20-26-69-32-35)39-11-17-42(18-12-39)64-45(6-3-24-61-52(57)58)48(67)30-36-21-27-70-33-36/h7-21,25-27,31-33,43-45,49,62-64H,1-6,22-24,28-30H2,(H4,53,54,59)(H4,55,56,60)(H4,57,58,61)/t43-,44-,45-/m0/s1. The van der Waals surface area contributed by atoms with Crippen LogP contribution in [0.2, 0.25) is 0 Å². The molecule has 0 radical (unpaired) electrons. The maximum atomic E-state index is 13.7. The largest absolute Gasteiger partial charge is 0.375 e. The van der Waals surface area contributed by atoms with Crippen molar-refractivity contribution in [2.24, 2.45) is 49.4 Å². The Morgan fingerprint density at radius 1 is 0.414 bits per heavy atom. The molecule has 0 aliphatic carbocycles. The third-order valence-electron chi connectivity index (χ3n) is 11.6. The lowest BCUT2D eigenvalue weighted by molar-refractivity contribution is -0.120. The maximum Gasteiger partial charge on any atom is 0.185 e. The second kappa shape index (κ2) is 27.2. The molecule has 0 saturated carbocycles. The number of thiophene rings is 3. The van der Waals surface area contributed by atoms with Crippen LogP contribution >= 0.6 is 34.0 Å². The Morgan fingerprint density at radius 3 is 0.914 bits per heavy atom. The molecule has 0 saturated heterocycles. The number of nitrogens with two attached hydrogens (primary N) is 6. The van der Waals surface area contributed by atoms with E-state index in [-0.39, 0.29) is 41.1 Å². The highest BCUT2D eigenvalue weighted by Gasteiger charge is 2.24. The molecule has 0 aliphatic rings. The minimum Gasteiger partial charge on any atom is -0.375 e. The first-order valence-electron chi connectivity index (χ1n) is 23.3. The average molecular weight is 1000 g/mol. The minimum absolute atomic E-state index is 0.0243. The molecular formula is C52H64N12O3S3. The Balaban J connectivity index is 1.26. The highest BCUT2D eigenvalue weighted by molar-refractivity contribution is 7.08. The molecule has 0 spiro atoms. The summed E-state index contributed by atoms with van der Waals surface area (Å²) in [6.45, 7) is 1.27. The lowest BCUT2D eigenvalue weighted by atomic mass is 9.85. The number of guanidine groups is 3. The summed E-state index contributed by atoms with van der Waals surface area (Å²) in [5.74, 6) is 0.116. The van der Waals surface area contributed by atoms with Crippen LogP contribution in [0.25, 0.3) is 0 Å². The zero-order valence-corrected chi connectivity index (χ0v) is 41.6. The van der Waals surface area contributed by atoms with E-state index in [1.165, 1.54) is 0 Å². The van der Waals surface area contributed by atoms with Gasteiger partial charge in [-0.25, -0.2) is 0 Å². The second-order valence-corrected chi connectivity index (χ2v) is 19.4. The highest BCUT2D eigenvalue weighted by Crippen LogP contribution is 2.35. The van der Waals surface area contributed by atoms with E-state index in [0.29, 0.717) is 77.4 Å². The quantitative estimate of drug-likeness (QED) is 0.00956. The van der Waals surface area contributed by atoms with Crippen LogP contribution in [0.5, 0.6) is 0 Å². The van der Waals surface area contributed by atoms with Crippen molar-refractivity contribution < 1.29 is 14.4 Å². The smallest absolute Gasteiger partial charge is 0.185 e. The van der Waals surface area contributed by atoms with Crippen molar-refractivity contribution in [2.45, 2.75) is 81.8 Å². The number of hydrogen-bond donors (Lipinski definition) is 9. The van der Waals surface area contributed by atoms with Crippen molar-refractivity contribution >= 4 is 86.3 Å². The molecule has 3 aromatic carbocycles. The summed E-state index contributed by atoms with van der Waals surface area (Å²) in [5, 5.41) is 22.4. The average Bonchev–Trinajstić information content (AvgIpc) is 4.17. The Kier molecular flexibility index (Phi) is 20.4. The molecule has 0 bridgehead atoms. The van der Waals surface area contributed by atoms with E-state index in [1.54, 1.807) is 34.0 Å². The second-order valence-electron chi connectivity index (χ2n) is 17.1. The Labute approximate surface area is 422 Å².